The number of benzene rings is 1. The molecule has 5 N–H and O–H groups in total. The Bertz CT molecular complexity index is 1320. The molecule has 16 nitrogen and oxygen atoms in total. The van der Waals surface area contributed by atoms with Crippen molar-refractivity contribution in [1.29, 1.82) is 0 Å². The first kappa shape index (κ1) is 31.0. The van der Waals surface area contributed by atoms with Crippen LogP contribution >= 0.6 is 7.75 Å². The maximum absolute atomic E-state index is 14.1. The number of carbonyl (C=O) groups is 1. The highest BCUT2D eigenvalue weighted by atomic mass is 31.2. The number of aliphatic hydroxyl groups is 2. The maximum Gasteiger partial charge on any atom is 0.459 e. The molecule has 1 fully saturated rings. The Morgan fingerprint density at radius 2 is 2.05 bits per heavy atom. The van der Waals surface area contributed by atoms with Crippen LogP contribution in [0, 0.1) is 5.92 Å². The second kappa shape index (κ2) is 13.2. The van der Waals surface area contributed by atoms with Crippen LogP contribution in [-0.2, 0) is 23.4 Å². The molecule has 1 unspecified atom stereocenters. The van der Waals surface area contributed by atoms with Gasteiger partial charge in [0, 0.05) is 11.1 Å². The van der Waals surface area contributed by atoms with E-state index in [4.69, 9.17) is 24.3 Å². The van der Waals surface area contributed by atoms with Crippen molar-refractivity contribution in [2.45, 2.75) is 57.4 Å². The average molecular weight is 582 g/mol. The van der Waals surface area contributed by atoms with E-state index in [-0.39, 0.29) is 24.1 Å². The van der Waals surface area contributed by atoms with Gasteiger partial charge in [-0.3, -0.25) is 13.9 Å². The predicted octanol–water partition coefficient (Wildman–Crippen LogP) is 1.85. The van der Waals surface area contributed by atoms with Crippen molar-refractivity contribution in [2.24, 2.45) is 11.0 Å². The fraction of sp³-hybridized carbons (Fsp3) is 0.522. The number of carbonyl (C=O) groups excluding carboxylic acids is 1. The van der Waals surface area contributed by atoms with Gasteiger partial charge in [-0.15, -0.1) is 0 Å². The van der Waals surface area contributed by atoms with Gasteiger partial charge in [-0.2, -0.15) is 10.1 Å². The zero-order chi connectivity index (χ0) is 29.5. The lowest BCUT2D eigenvalue weighted by atomic mass is 10.0. The first-order valence-corrected chi connectivity index (χ1v) is 13.9. The van der Waals surface area contributed by atoms with E-state index in [0.717, 1.165) is 4.57 Å². The number of anilines is 1. The minimum atomic E-state index is -4.52. The number of rotatable bonds is 13. The number of aromatic nitrogens is 2. The van der Waals surface area contributed by atoms with E-state index in [0.29, 0.717) is 6.42 Å². The van der Waals surface area contributed by atoms with E-state index in [2.05, 4.69) is 20.1 Å². The van der Waals surface area contributed by atoms with Gasteiger partial charge in [0.2, 0.25) is 5.72 Å². The van der Waals surface area contributed by atoms with E-state index in [9.17, 15) is 29.9 Å². The zero-order valence-electron chi connectivity index (χ0n) is 22.1. The molecular formula is C23H32N7O9P. The molecule has 1 aromatic heterocycles. The Hall–Kier alpha value is -3.49. The molecule has 0 amide bonds. The fourth-order valence-corrected chi connectivity index (χ4v) is 5.49. The molecule has 7 atom stereocenters. The molecule has 0 spiro atoms. The van der Waals surface area contributed by atoms with Crippen LogP contribution < -0.4 is 21.0 Å². The predicted molar refractivity (Wildman–Crippen MR) is 141 cm³/mol. The van der Waals surface area contributed by atoms with Gasteiger partial charge in [0.25, 0.3) is 0 Å². The number of nitrogens with two attached hydrogens (primary N) is 1. The molecule has 0 bridgehead atoms. The number of hydrogen-bond donors (Lipinski definition) is 4. The molecule has 2 aromatic rings. The Morgan fingerprint density at radius 1 is 1.35 bits per heavy atom. The number of nitrogen functional groups attached to an aromatic ring is 1. The number of hydrogen-bond acceptors (Lipinski definition) is 12. The number of nitrogens with one attached hydrogen (secondary N) is 1. The standard InChI is InChI=1S/C23H32N7O9P/c1-4-14(3)17(21(33)36-5-2)27-40(35,39-15-9-7-6-8-10-15)37-13-23(28-29-25)19(32)18(31)20(38-23)30-12-11-16(24)26-22(30)34/h6-12,14,17-20,31-32H,4-5,13H2,1-3H3,(H,27,35)(H2,24,26,34)/t14-,17-,18+,19-,20+,23+,40?/m0/s1. The third-order valence-electron chi connectivity index (χ3n) is 6.20. The zero-order valence-corrected chi connectivity index (χ0v) is 23.0. The first-order valence-electron chi connectivity index (χ1n) is 12.4. The highest BCUT2D eigenvalue weighted by Gasteiger charge is 2.56. The maximum atomic E-state index is 14.1. The topological polar surface area (TPSA) is 233 Å². The van der Waals surface area contributed by atoms with E-state index in [1.165, 1.54) is 24.4 Å². The van der Waals surface area contributed by atoms with Crippen molar-refractivity contribution in [1.82, 2.24) is 14.6 Å². The molecule has 17 heteroatoms. The number of esters is 1. The van der Waals surface area contributed by atoms with Crippen molar-refractivity contribution in [3.63, 3.8) is 0 Å². The summed E-state index contributed by atoms with van der Waals surface area (Å²) >= 11 is 0. The van der Waals surface area contributed by atoms with Crippen molar-refractivity contribution >= 4 is 19.5 Å². The van der Waals surface area contributed by atoms with Gasteiger partial charge < -0.3 is 29.9 Å². The Balaban J connectivity index is 1.96. The number of ether oxygens (including phenoxy) is 2. The highest BCUT2D eigenvalue weighted by Crippen LogP contribution is 2.48. The summed E-state index contributed by atoms with van der Waals surface area (Å²) in [5.41, 5.74) is 11.5. The van der Waals surface area contributed by atoms with Gasteiger partial charge in [-0.05, 0) is 36.6 Å². The monoisotopic (exact) mass is 581 g/mol. The van der Waals surface area contributed by atoms with Gasteiger partial charge in [0.1, 0.15) is 29.8 Å². The molecule has 218 valence electrons. The van der Waals surface area contributed by atoms with Crippen LogP contribution in [0.1, 0.15) is 33.4 Å². The fourth-order valence-electron chi connectivity index (χ4n) is 3.86. The van der Waals surface area contributed by atoms with Gasteiger partial charge >= 0.3 is 19.4 Å². The lowest BCUT2D eigenvalue weighted by Gasteiger charge is -2.31. The van der Waals surface area contributed by atoms with Gasteiger partial charge in [-0.1, -0.05) is 43.6 Å². The third kappa shape index (κ3) is 6.98. The molecule has 0 radical (unpaired) electrons. The quantitative estimate of drug-likeness (QED) is 0.0872. The molecule has 2 heterocycles. The summed E-state index contributed by atoms with van der Waals surface area (Å²) in [5, 5.41) is 27.7. The highest BCUT2D eigenvalue weighted by molar-refractivity contribution is 7.52. The van der Waals surface area contributed by atoms with Gasteiger partial charge in [0.05, 0.1) is 13.2 Å². The number of para-hydroxylation sites is 1. The van der Waals surface area contributed by atoms with Crippen LogP contribution in [-0.4, -0.2) is 62.9 Å². The van der Waals surface area contributed by atoms with Crippen LogP contribution in [0.5, 0.6) is 5.75 Å². The van der Waals surface area contributed by atoms with Crippen LogP contribution in [0.2, 0.25) is 0 Å². The Kier molecular flexibility index (Phi) is 10.3. The van der Waals surface area contributed by atoms with Crippen LogP contribution in [0.4, 0.5) is 5.82 Å². The lowest BCUT2D eigenvalue weighted by molar-refractivity contribution is -0.146. The minimum absolute atomic E-state index is 0.0663. The van der Waals surface area contributed by atoms with E-state index < -0.39 is 56.2 Å². The molecular weight excluding hydrogens is 549 g/mol. The summed E-state index contributed by atoms with van der Waals surface area (Å²) < 4.78 is 37.0. The summed E-state index contributed by atoms with van der Waals surface area (Å²) in [5.74, 6) is -1.08. The number of aliphatic hydroxyl groups excluding tert-OH is 2. The summed E-state index contributed by atoms with van der Waals surface area (Å²) in [6.45, 7) is 4.30. The molecule has 1 saturated heterocycles. The Morgan fingerprint density at radius 3 is 2.65 bits per heavy atom. The molecule has 3 rings (SSSR count). The molecule has 1 aromatic carbocycles. The van der Waals surface area contributed by atoms with Crippen molar-refractivity contribution in [2.75, 3.05) is 18.9 Å². The van der Waals surface area contributed by atoms with Crippen LogP contribution in [0.25, 0.3) is 10.4 Å². The number of azide groups is 1. The molecule has 1 aliphatic heterocycles. The van der Waals surface area contributed by atoms with E-state index in [1.807, 2.05) is 6.92 Å². The summed E-state index contributed by atoms with van der Waals surface area (Å²) in [6, 6.07) is 8.02. The first-order chi connectivity index (χ1) is 19.0. The van der Waals surface area contributed by atoms with Crippen molar-refractivity contribution < 1.29 is 38.1 Å². The average Bonchev–Trinajstić information content (AvgIpc) is 3.16. The minimum Gasteiger partial charge on any atom is -0.465 e. The molecule has 0 aliphatic carbocycles. The molecule has 40 heavy (non-hydrogen) atoms. The second-order valence-corrected chi connectivity index (χ2v) is 10.6. The van der Waals surface area contributed by atoms with E-state index in [1.54, 1.807) is 32.0 Å². The van der Waals surface area contributed by atoms with Crippen LogP contribution in [0.15, 0.2) is 52.5 Å². The largest absolute Gasteiger partial charge is 0.465 e. The van der Waals surface area contributed by atoms with Crippen molar-refractivity contribution in [3.8, 4) is 5.75 Å². The van der Waals surface area contributed by atoms with Crippen molar-refractivity contribution in [3.05, 3.63) is 63.5 Å². The molecule has 1 aliphatic rings. The third-order valence-corrected chi connectivity index (χ3v) is 7.72. The smallest absolute Gasteiger partial charge is 0.459 e. The summed E-state index contributed by atoms with van der Waals surface area (Å²) in [4.78, 5) is 31.3. The summed E-state index contributed by atoms with van der Waals surface area (Å²) in [7, 11) is -4.52. The summed E-state index contributed by atoms with van der Waals surface area (Å²) in [6.07, 6.45) is -3.70. The number of nitrogens with zero attached hydrogens (tertiary/aromatic N) is 5. The molecule has 0 saturated carbocycles. The van der Waals surface area contributed by atoms with E-state index >= 15 is 0 Å². The SMILES string of the molecule is CCOC(=O)[C@@H](NP(=O)(OC[C@@]1(N=[N+]=[N-])O[C@@H](n2ccc(N)nc2=O)[C@H](O)[C@@H]1O)Oc1ccccc1)[C@@H](C)CC. The lowest BCUT2D eigenvalue weighted by Crippen LogP contribution is -2.46. The Labute approximate surface area is 229 Å². The van der Waals surface area contributed by atoms with Gasteiger partial charge in [0.15, 0.2) is 6.23 Å². The normalized spacial score (nSPS) is 25.3. The van der Waals surface area contributed by atoms with Gasteiger partial charge in [-0.25, -0.2) is 9.36 Å². The van der Waals surface area contributed by atoms with Crippen LogP contribution in [0.3, 0.4) is 0 Å². The second-order valence-electron chi connectivity index (χ2n) is 8.94.